The smallest absolute Gasteiger partial charge is 0.274 e. The molecule has 2 aromatic rings. The molecule has 0 unspecified atom stereocenters. The van der Waals surface area contributed by atoms with Crippen LogP contribution in [0.25, 0.3) is 0 Å². The van der Waals surface area contributed by atoms with E-state index in [0.29, 0.717) is 17.7 Å². The molecule has 0 spiro atoms. The zero-order valence-corrected chi connectivity index (χ0v) is 17.1. The molecule has 1 saturated carbocycles. The van der Waals surface area contributed by atoms with Gasteiger partial charge in [0.2, 0.25) is 0 Å². The van der Waals surface area contributed by atoms with Crippen LogP contribution in [0.3, 0.4) is 0 Å². The lowest BCUT2D eigenvalue weighted by Crippen LogP contribution is -2.52. The van der Waals surface area contributed by atoms with E-state index in [9.17, 15) is 19.2 Å². The number of halogens is 1. The van der Waals surface area contributed by atoms with Crippen molar-refractivity contribution in [3.05, 3.63) is 57.2 Å². The number of rotatable bonds is 5. The number of Topliss-reactive ketones (excluding diaryl/α,β-unsaturated/α-hetero) is 1. The van der Waals surface area contributed by atoms with Crippen molar-refractivity contribution < 1.29 is 19.2 Å². The standard InChI is InChI=1S/C21H19ClN2O4S/c22-16-9-4-3-8-15(16)19(26)23(12-17(25)18-10-5-11-29-18)24-20(27)13-6-1-2-7-14(13)21(24)28/h3-5,8-11,13-14H,1-2,6-7,12H2/t13-,14+. The lowest BCUT2D eigenvalue weighted by Gasteiger charge is -2.30. The molecule has 2 aliphatic rings. The monoisotopic (exact) mass is 430 g/mol. The lowest BCUT2D eigenvalue weighted by atomic mass is 9.81. The molecule has 2 fully saturated rings. The quantitative estimate of drug-likeness (QED) is 0.534. The molecule has 1 saturated heterocycles. The van der Waals surface area contributed by atoms with Crippen LogP contribution in [0.2, 0.25) is 5.02 Å². The largest absolute Gasteiger partial charge is 0.291 e. The zero-order chi connectivity index (χ0) is 20.5. The van der Waals surface area contributed by atoms with E-state index < -0.39 is 36.1 Å². The molecule has 2 heterocycles. The van der Waals surface area contributed by atoms with Crippen LogP contribution in [-0.2, 0) is 9.59 Å². The normalized spacial score (nSPS) is 21.2. The molecule has 1 aliphatic carbocycles. The van der Waals surface area contributed by atoms with Crippen molar-refractivity contribution in [1.82, 2.24) is 10.0 Å². The van der Waals surface area contributed by atoms with Gasteiger partial charge in [-0.15, -0.1) is 11.3 Å². The van der Waals surface area contributed by atoms with Crippen molar-refractivity contribution in [2.24, 2.45) is 11.8 Å². The number of ketones is 1. The summed E-state index contributed by atoms with van der Waals surface area (Å²) in [6.07, 6.45) is 3.00. The molecule has 4 rings (SSSR count). The number of nitrogens with zero attached hydrogens (tertiary/aromatic N) is 2. The Bertz CT molecular complexity index is 951. The number of hydrazine groups is 1. The fourth-order valence-electron chi connectivity index (χ4n) is 4.04. The van der Waals surface area contributed by atoms with Crippen molar-refractivity contribution in [3.8, 4) is 0 Å². The minimum absolute atomic E-state index is 0.142. The fourth-order valence-corrected chi connectivity index (χ4v) is 4.91. The average Bonchev–Trinajstić information content (AvgIpc) is 3.35. The number of amides is 3. The Labute approximate surface area is 177 Å². The first-order chi connectivity index (χ1) is 14.0. The molecule has 3 amide bonds. The molecular weight excluding hydrogens is 412 g/mol. The number of fused-ring (bicyclic) bond motifs is 1. The van der Waals surface area contributed by atoms with Crippen LogP contribution in [0.15, 0.2) is 41.8 Å². The van der Waals surface area contributed by atoms with E-state index in [1.165, 1.54) is 17.4 Å². The molecule has 1 aromatic carbocycles. The third-order valence-electron chi connectivity index (χ3n) is 5.49. The first-order valence-corrected chi connectivity index (χ1v) is 10.8. The van der Waals surface area contributed by atoms with E-state index >= 15 is 0 Å². The summed E-state index contributed by atoms with van der Waals surface area (Å²) >= 11 is 7.43. The highest BCUT2D eigenvalue weighted by Gasteiger charge is 2.51. The Morgan fingerprint density at radius 1 is 1.03 bits per heavy atom. The van der Waals surface area contributed by atoms with Gasteiger partial charge >= 0.3 is 0 Å². The molecular formula is C21H19ClN2O4S. The minimum Gasteiger partial charge on any atom is -0.291 e. The van der Waals surface area contributed by atoms with E-state index in [1.807, 2.05) is 0 Å². The Morgan fingerprint density at radius 3 is 2.28 bits per heavy atom. The first kappa shape index (κ1) is 19.8. The summed E-state index contributed by atoms with van der Waals surface area (Å²) in [5.41, 5.74) is 0.142. The summed E-state index contributed by atoms with van der Waals surface area (Å²) in [5.74, 6) is -2.63. The molecule has 1 aromatic heterocycles. The lowest BCUT2D eigenvalue weighted by molar-refractivity contribution is -0.154. The predicted octanol–water partition coefficient (Wildman–Crippen LogP) is 3.82. The van der Waals surface area contributed by atoms with Crippen LogP contribution < -0.4 is 0 Å². The second-order valence-corrected chi connectivity index (χ2v) is 8.58. The van der Waals surface area contributed by atoms with Gasteiger partial charge in [-0.05, 0) is 36.4 Å². The zero-order valence-electron chi connectivity index (χ0n) is 15.5. The Morgan fingerprint density at radius 2 is 1.69 bits per heavy atom. The van der Waals surface area contributed by atoms with Crippen LogP contribution in [-0.4, -0.2) is 40.1 Å². The van der Waals surface area contributed by atoms with Crippen LogP contribution in [0.5, 0.6) is 0 Å². The van der Waals surface area contributed by atoms with Gasteiger partial charge in [-0.3, -0.25) is 19.2 Å². The van der Waals surface area contributed by atoms with E-state index in [0.717, 1.165) is 22.9 Å². The number of carbonyl (C=O) groups excluding carboxylic acids is 4. The molecule has 8 heteroatoms. The van der Waals surface area contributed by atoms with Gasteiger partial charge in [0.25, 0.3) is 17.7 Å². The molecule has 0 N–H and O–H groups in total. The molecule has 2 atom stereocenters. The summed E-state index contributed by atoms with van der Waals surface area (Å²) in [5, 5.41) is 3.83. The van der Waals surface area contributed by atoms with Crippen molar-refractivity contribution >= 4 is 46.4 Å². The highest BCUT2D eigenvalue weighted by molar-refractivity contribution is 7.12. The van der Waals surface area contributed by atoms with Gasteiger partial charge < -0.3 is 0 Å². The highest BCUT2D eigenvalue weighted by atomic mass is 35.5. The number of benzene rings is 1. The summed E-state index contributed by atoms with van der Waals surface area (Å²) in [6.45, 7) is -0.401. The Balaban J connectivity index is 1.71. The molecule has 1 aliphatic heterocycles. The molecule has 0 bridgehead atoms. The molecule has 29 heavy (non-hydrogen) atoms. The number of hydrogen-bond donors (Lipinski definition) is 0. The van der Waals surface area contributed by atoms with E-state index in [4.69, 9.17) is 11.6 Å². The van der Waals surface area contributed by atoms with E-state index in [2.05, 4.69) is 0 Å². The van der Waals surface area contributed by atoms with Gasteiger partial charge in [0, 0.05) is 0 Å². The van der Waals surface area contributed by atoms with Gasteiger partial charge in [-0.1, -0.05) is 42.6 Å². The summed E-state index contributed by atoms with van der Waals surface area (Å²) < 4.78 is 0. The van der Waals surface area contributed by atoms with Crippen molar-refractivity contribution in [2.75, 3.05) is 6.54 Å². The number of hydrogen-bond acceptors (Lipinski definition) is 5. The third-order valence-corrected chi connectivity index (χ3v) is 6.73. The van der Waals surface area contributed by atoms with Gasteiger partial charge in [0.15, 0.2) is 5.78 Å². The van der Waals surface area contributed by atoms with Crippen LogP contribution in [0, 0.1) is 11.8 Å². The van der Waals surface area contributed by atoms with Crippen LogP contribution in [0.1, 0.15) is 45.7 Å². The first-order valence-electron chi connectivity index (χ1n) is 9.50. The second kappa shape index (κ2) is 8.08. The highest BCUT2D eigenvalue weighted by Crippen LogP contribution is 2.39. The Kier molecular flexibility index (Phi) is 5.52. The topological polar surface area (TPSA) is 74.8 Å². The number of imide groups is 1. The van der Waals surface area contributed by atoms with Gasteiger partial charge in [0.05, 0.1) is 27.3 Å². The summed E-state index contributed by atoms with van der Waals surface area (Å²) in [7, 11) is 0. The maximum Gasteiger partial charge on any atom is 0.274 e. The molecule has 6 nitrogen and oxygen atoms in total. The van der Waals surface area contributed by atoms with Crippen LogP contribution >= 0.6 is 22.9 Å². The Hall–Kier alpha value is -2.51. The average molecular weight is 431 g/mol. The van der Waals surface area contributed by atoms with E-state index in [-0.39, 0.29) is 16.4 Å². The van der Waals surface area contributed by atoms with Gasteiger partial charge in [-0.25, -0.2) is 5.01 Å². The van der Waals surface area contributed by atoms with Crippen LogP contribution in [0.4, 0.5) is 0 Å². The third kappa shape index (κ3) is 3.60. The van der Waals surface area contributed by atoms with E-state index in [1.54, 1.807) is 35.7 Å². The number of carbonyl (C=O) groups is 4. The maximum atomic E-state index is 13.3. The SMILES string of the molecule is O=C(CN(C(=O)c1ccccc1Cl)N1C(=O)[C@H]2CCCC[C@H]2C1=O)c1cccs1. The van der Waals surface area contributed by atoms with Crippen molar-refractivity contribution in [1.29, 1.82) is 0 Å². The van der Waals surface area contributed by atoms with Crippen molar-refractivity contribution in [3.63, 3.8) is 0 Å². The maximum absolute atomic E-state index is 13.3. The fraction of sp³-hybridized carbons (Fsp3) is 0.333. The van der Waals surface area contributed by atoms with Gasteiger partial charge in [0.1, 0.15) is 6.54 Å². The van der Waals surface area contributed by atoms with Gasteiger partial charge in [-0.2, -0.15) is 5.01 Å². The summed E-state index contributed by atoms with van der Waals surface area (Å²) in [6, 6.07) is 9.79. The second-order valence-electron chi connectivity index (χ2n) is 7.23. The molecule has 0 radical (unpaired) electrons. The predicted molar refractivity (Wildman–Crippen MR) is 108 cm³/mol. The summed E-state index contributed by atoms with van der Waals surface area (Å²) in [4.78, 5) is 52.6. The van der Waals surface area contributed by atoms with Crippen molar-refractivity contribution in [2.45, 2.75) is 25.7 Å². The minimum atomic E-state index is -0.638. The number of thiophene rings is 1. The molecule has 150 valence electrons.